The monoisotopic (exact) mass is 428 g/mol. The van der Waals surface area contributed by atoms with Gasteiger partial charge in [-0.25, -0.2) is 4.39 Å². The maximum atomic E-state index is 12.9. The number of anilines is 1. The largest absolute Gasteiger partial charge is 0.486 e. The van der Waals surface area contributed by atoms with E-state index in [9.17, 15) is 14.0 Å². The van der Waals surface area contributed by atoms with E-state index in [0.29, 0.717) is 22.0 Å². The van der Waals surface area contributed by atoms with Gasteiger partial charge < -0.3 is 15.4 Å². The highest BCUT2D eigenvalue weighted by Crippen LogP contribution is 2.17. The van der Waals surface area contributed by atoms with Crippen molar-refractivity contribution in [2.24, 2.45) is 0 Å². The Bertz CT molecular complexity index is 1010. The first kappa shape index (κ1) is 21.4. The molecule has 30 heavy (non-hydrogen) atoms. The van der Waals surface area contributed by atoms with E-state index >= 15 is 0 Å². The molecule has 0 saturated heterocycles. The van der Waals surface area contributed by atoms with Crippen LogP contribution in [0, 0.1) is 5.82 Å². The quantitative estimate of drug-likeness (QED) is 0.565. The molecule has 0 spiro atoms. The number of ether oxygens (including phenoxy) is 1. The number of nitrogens with zero attached hydrogens (tertiary/aromatic N) is 2. The Morgan fingerprint density at radius 2 is 1.77 bits per heavy atom. The Labute approximate surface area is 177 Å². The second kappa shape index (κ2) is 9.93. The fraction of sp³-hybridized carbons (Fsp3) is 0.238. The number of benzene rings is 2. The van der Waals surface area contributed by atoms with Crippen molar-refractivity contribution in [3.8, 4) is 5.75 Å². The summed E-state index contributed by atoms with van der Waals surface area (Å²) in [6.07, 6.45) is 0.846. The van der Waals surface area contributed by atoms with Crippen molar-refractivity contribution in [1.29, 1.82) is 0 Å². The summed E-state index contributed by atoms with van der Waals surface area (Å²) in [7, 11) is 0. The lowest BCUT2D eigenvalue weighted by Crippen LogP contribution is -2.31. The average molecular weight is 428 g/mol. The molecule has 2 N–H and O–H groups in total. The van der Waals surface area contributed by atoms with Crippen molar-refractivity contribution >= 4 is 28.8 Å². The molecular formula is C21H21FN4O3S. The minimum atomic E-state index is -0.405. The van der Waals surface area contributed by atoms with E-state index in [-0.39, 0.29) is 29.4 Å². The summed E-state index contributed by atoms with van der Waals surface area (Å²) in [4.78, 5) is 24.5. The number of halogens is 1. The van der Waals surface area contributed by atoms with Crippen LogP contribution in [0.5, 0.6) is 5.75 Å². The third-order valence-corrected chi connectivity index (χ3v) is 5.13. The van der Waals surface area contributed by atoms with Crippen LogP contribution in [0.4, 0.5) is 10.1 Å². The summed E-state index contributed by atoms with van der Waals surface area (Å²) in [6, 6.07) is 12.3. The van der Waals surface area contributed by atoms with Crippen LogP contribution in [-0.2, 0) is 6.61 Å². The summed E-state index contributed by atoms with van der Waals surface area (Å²) in [6.45, 7) is 4.06. The Balaban J connectivity index is 1.54. The van der Waals surface area contributed by atoms with E-state index in [1.54, 1.807) is 24.3 Å². The molecule has 0 saturated carbocycles. The zero-order valence-electron chi connectivity index (χ0n) is 16.5. The lowest BCUT2D eigenvalue weighted by atomic mass is 10.1. The molecule has 1 heterocycles. The van der Waals surface area contributed by atoms with Crippen molar-refractivity contribution in [3.05, 3.63) is 69.9 Å². The molecule has 0 fully saturated rings. The molecule has 0 unspecified atom stereocenters. The molecule has 2 aromatic carbocycles. The molecule has 1 aromatic heterocycles. The van der Waals surface area contributed by atoms with Crippen LogP contribution in [0.25, 0.3) is 0 Å². The molecule has 156 valence electrons. The summed E-state index contributed by atoms with van der Waals surface area (Å²) >= 11 is 1.10. The van der Waals surface area contributed by atoms with Gasteiger partial charge in [-0.3, -0.25) is 9.59 Å². The number of hydrogen-bond donors (Lipinski definition) is 2. The van der Waals surface area contributed by atoms with Gasteiger partial charge in [-0.05, 0) is 61.9 Å². The second-order valence-electron chi connectivity index (χ2n) is 6.56. The molecule has 0 bridgehead atoms. The van der Waals surface area contributed by atoms with Gasteiger partial charge in [-0.1, -0.05) is 18.3 Å². The molecule has 0 aliphatic carbocycles. The van der Waals surface area contributed by atoms with E-state index in [0.717, 1.165) is 17.8 Å². The van der Waals surface area contributed by atoms with Gasteiger partial charge in [0.25, 0.3) is 11.8 Å². The number of aromatic nitrogens is 2. The molecule has 3 rings (SSSR count). The number of hydrogen-bond acceptors (Lipinski definition) is 6. The number of carbonyl (C=O) groups excluding carboxylic acids is 2. The second-order valence-corrected chi connectivity index (χ2v) is 7.62. The minimum absolute atomic E-state index is 0.0931. The normalized spacial score (nSPS) is 11.6. The van der Waals surface area contributed by atoms with Gasteiger partial charge in [-0.2, -0.15) is 0 Å². The van der Waals surface area contributed by atoms with Gasteiger partial charge in [0.2, 0.25) is 5.01 Å². The predicted molar refractivity (Wildman–Crippen MR) is 112 cm³/mol. The Morgan fingerprint density at radius 3 is 2.43 bits per heavy atom. The van der Waals surface area contributed by atoms with Gasteiger partial charge in [0.1, 0.15) is 18.2 Å². The highest BCUT2D eigenvalue weighted by molar-refractivity contribution is 7.13. The number of amides is 2. The Morgan fingerprint density at radius 1 is 1.07 bits per heavy atom. The zero-order valence-corrected chi connectivity index (χ0v) is 17.3. The van der Waals surface area contributed by atoms with Gasteiger partial charge in [0.05, 0.1) is 0 Å². The maximum Gasteiger partial charge on any atom is 0.286 e. The molecule has 1 atom stereocenters. The zero-order chi connectivity index (χ0) is 21.5. The Hall–Kier alpha value is -3.33. The molecule has 7 nitrogen and oxygen atoms in total. The van der Waals surface area contributed by atoms with Crippen molar-refractivity contribution in [1.82, 2.24) is 15.5 Å². The third kappa shape index (κ3) is 5.84. The number of carbonyl (C=O) groups is 2. The topological polar surface area (TPSA) is 93.2 Å². The van der Waals surface area contributed by atoms with Gasteiger partial charge in [0, 0.05) is 17.3 Å². The van der Waals surface area contributed by atoms with E-state index in [4.69, 9.17) is 4.74 Å². The molecule has 0 aliphatic rings. The molecule has 2 amide bonds. The van der Waals surface area contributed by atoms with E-state index in [1.807, 2.05) is 13.8 Å². The van der Waals surface area contributed by atoms with Crippen LogP contribution in [0.15, 0.2) is 48.5 Å². The third-order valence-electron chi connectivity index (χ3n) is 4.23. The van der Waals surface area contributed by atoms with E-state index in [2.05, 4.69) is 20.8 Å². The lowest BCUT2D eigenvalue weighted by molar-refractivity contribution is 0.0938. The maximum absolute atomic E-state index is 12.9. The molecular weight excluding hydrogens is 407 g/mol. The fourth-order valence-corrected chi connectivity index (χ4v) is 3.03. The molecule has 0 aliphatic heterocycles. The molecule has 9 heteroatoms. The minimum Gasteiger partial charge on any atom is -0.486 e. The van der Waals surface area contributed by atoms with Crippen LogP contribution < -0.4 is 15.4 Å². The van der Waals surface area contributed by atoms with E-state index < -0.39 is 5.91 Å². The molecule has 3 aromatic rings. The van der Waals surface area contributed by atoms with Gasteiger partial charge in [0.15, 0.2) is 5.01 Å². The standard InChI is InChI=1S/C21H21FN4O3S/c1-3-13(2)23-19(27)14-4-8-16(9-5-14)24-20(28)21-26-25-18(30-21)12-29-17-10-6-15(22)7-11-17/h4-11,13H,3,12H2,1-2H3,(H,23,27)(H,24,28)/t13-/m0/s1. The summed E-state index contributed by atoms with van der Waals surface area (Å²) in [5, 5.41) is 14.1. The van der Waals surface area contributed by atoms with Crippen LogP contribution in [0.1, 0.15) is 45.4 Å². The highest BCUT2D eigenvalue weighted by atomic mass is 32.1. The predicted octanol–water partition coefficient (Wildman–Crippen LogP) is 4.04. The first-order valence-electron chi connectivity index (χ1n) is 9.37. The number of rotatable bonds is 8. The van der Waals surface area contributed by atoms with Gasteiger partial charge in [-0.15, -0.1) is 10.2 Å². The summed E-state index contributed by atoms with van der Waals surface area (Å²) < 4.78 is 18.4. The van der Waals surface area contributed by atoms with Gasteiger partial charge >= 0.3 is 0 Å². The van der Waals surface area contributed by atoms with Crippen LogP contribution >= 0.6 is 11.3 Å². The van der Waals surface area contributed by atoms with Crippen molar-refractivity contribution in [2.75, 3.05) is 5.32 Å². The fourth-order valence-electron chi connectivity index (χ4n) is 2.38. The summed E-state index contributed by atoms with van der Waals surface area (Å²) in [5.74, 6) is -0.411. The summed E-state index contributed by atoms with van der Waals surface area (Å²) in [5.41, 5.74) is 1.06. The molecule has 0 radical (unpaired) electrons. The number of nitrogens with one attached hydrogen (secondary N) is 2. The van der Waals surface area contributed by atoms with Crippen LogP contribution in [0.3, 0.4) is 0 Å². The van der Waals surface area contributed by atoms with E-state index in [1.165, 1.54) is 24.3 Å². The van der Waals surface area contributed by atoms with Crippen LogP contribution in [0.2, 0.25) is 0 Å². The Kier molecular flexibility index (Phi) is 7.08. The smallest absolute Gasteiger partial charge is 0.286 e. The van der Waals surface area contributed by atoms with Crippen molar-refractivity contribution in [2.45, 2.75) is 32.9 Å². The van der Waals surface area contributed by atoms with Crippen molar-refractivity contribution in [3.63, 3.8) is 0 Å². The lowest BCUT2D eigenvalue weighted by Gasteiger charge is -2.11. The van der Waals surface area contributed by atoms with Crippen molar-refractivity contribution < 1.29 is 18.7 Å². The van der Waals surface area contributed by atoms with Crippen LogP contribution in [-0.4, -0.2) is 28.1 Å². The first-order valence-corrected chi connectivity index (χ1v) is 10.2. The first-order chi connectivity index (χ1) is 14.4. The highest BCUT2D eigenvalue weighted by Gasteiger charge is 2.14. The SMILES string of the molecule is CC[C@H](C)NC(=O)c1ccc(NC(=O)c2nnc(COc3ccc(F)cc3)s2)cc1. The average Bonchev–Trinajstić information content (AvgIpc) is 3.23.